The molecule has 0 aliphatic rings. The zero-order valence-electron chi connectivity index (χ0n) is 16.2. The van der Waals surface area contributed by atoms with Crippen LogP contribution in [0.1, 0.15) is 36.6 Å². The fourth-order valence-corrected chi connectivity index (χ4v) is 3.19. The van der Waals surface area contributed by atoms with E-state index in [4.69, 9.17) is 4.74 Å². The molecule has 0 aliphatic carbocycles. The predicted molar refractivity (Wildman–Crippen MR) is 113 cm³/mol. The van der Waals surface area contributed by atoms with E-state index in [0.29, 0.717) is 18.7 Å². The maximum absolute atomic E-state index is 11.1. The van der Waals surface area contributed by atoms with Gasteiger partial charge in [-0.3, -0.25) is 10.1 Å². The molecule has 6 nitrogen and oxygen atoms in total. The van der Waals surface area contributed by atoms with E-state index in [1.54, 1.807) is 12.1 Å². The first kappa shape index (κ1) is 20.4. The Bertz CT molecular complexity index is 929. The van der Waals surface area contributed by atoms with Crippen LogP contribution in [0.5, 0.6) is 5.75 Å². The maximum Gasteiger partial charge on any atom is 0.271 e. The van der Waals surface area contributed by atoms with E-state index in [0.717, 1.165) is 16.9 Å². The maximum atomic E-state index is 11.1. The number of nitro benzene ring substituents is 1. The summed E-state index contributed by atoms with van der Waals surface area (Å²) in [5.74, 6) is 0.772. The molecule has 150 valence electrons. The highest BCUT2D eigenvalue weighted by Crippen LogP contribution is 2.31. The highest BCUT2D eigenvalue weighted by molar-refractivity contribution is 5.52. The summed E-state index contributed by atoms with van der Waals surface area (Å²) in [4.78, 5) is 10.7. The van der Waals surface area contributed by atoms with Gasteiger partial charge in [0.1, 0.15) is 5.75 Å². The van der Waals surface area contributed by atoms with E-state index in [1.165, 1.54) is 12.1 Å². The van der Waals surface area contributed by atoms with E-state index in [9.17, 15) is 15.2 Å². The molecule has 3 aromatic carbocycles. The summed E-state index contributed by atoms with van der Waals surface area (Å²) in [6.45, 7) is 2.51. The molecule has 6 heteroatoms. The largest absolute Gasteiger partial charge is 0.494 e. The summed E-state index contributed by atoms with van der Waals surface area (Å²) in [6, 6.07) is 23.2. The predicted octanol–water partition coefficient (Wildman–Crippen LogP) is 5.27. The number of rotatable bonds is 9. The lowest BCUT2D eigenvalue weighted by molar-refractivity contribution is -0.384. The van der Waals surface area contributed by atoms with Crippen LogP contribution in [0.25, 0.3) is 0 Å². The molecule has 0 amide bonds. The first-order valence-electron chi connectivity index (χ1n) is 9.53. The number of aliphatic hydroxyl groups is 1. The molecule has 2 atom stereocenters. The van der Waals surface area contributed by atoms with Crippen molar-refractivity contribution in [3.8, 4) is 5.75 Å². The summed E-state index contributed by atoms with van der Waals surface area (Å²) in [6.07, 6.45) is -0.278. The Morgan fingerprint density at radius 2 is 1.72 bits per heavy atom. The molecule has 0 aliphatic heterocycles. The number of ether oxygens (including phenoxy) is 1. The quantitative estimate of drug-likeness (QED) is 0.383. The van der Waals surface area contributed by atoms with Crippen molar-refractivity contribution < 1.29 is 14.8 Å². The van der Waals surface area contributed by atoms with Gasteiger partial charge in [-0.25, -0.2) is 0 Å². The van der Waals surface area contributed by atoms with Crippen molar-refractivity contribution in [3.63, 3.8) is 0 Å². The lowest BCUT2D eigenvalue weighted by Crippen LogP contribution is -2.15. The molecular weight excluding hydrogens is 368 g/mol. The first-order valence-corrected chi connectivity index (χ1v) is 9.53. The van der Waals surface area contributed by atoms with Crippen molar-refractivity contribution in [1.29, 1.82) is 0 Å². The lowest BCUT2D eigenvalue weighted by atomic mass is 9.96. The molecule has 2 N–H and O–H groups in total. The molecule has 3 rings (SSSR count). The third kappa shape index (κ3) is 5.56. The average molecular weight is 392 g/mol. The van der Waals surface area contributed by atoms with Gasteiger partial charge in [0.15, 0.2) is 0 Å². The van der Waals surface area contributed by atoms with E-state index in [1.807, 2.05) is 61.5 Å². The summed E-state index contributed by atoms with van der Waals surface area (Å²) >= 11 is 0. The number of non-ortho nitro benzene ring substituents is 1. The van der Waals surface area contributed by atoms with Crippen LogP contribution in [-0.4, -0.2) is 16.6 Å². The van der Waals surface area contributed by atoms with Crippen molar-refractivity contribution in [2.45, 2.75) is 25.5 Å². The SMILES string of the molecule is CCOc1ccc(C(CC(O)c2ccccc2)Nc2cccc([N+](=O)[O-])c2)cc1. The number of hydrogen-bond donors (Lipinski definition) is 2. The van der Waals surface area contributed by atoms with Gasteiger partial charge in [0.05, 0.1) is 23.7 Å². The molecule has 0 heterocycles. The normalized spacial score (nSPS) is 12.8. The number of nitrogens with zero attached hydrogens (tertiary/aromatic N) is 1. The van der Waals surface area contributed by atoms with Crippen LogP contribution < -0.4 is 10.1 Å². The first-order chi connectivity index (χ1) is 14.1. The van der Waals surface area contributed by atoms with E-state index in [-0.39, 0.29) is 11.7 Å². The molecule has 0 saturated carbocycles. The molecule has 0 aromatic heterocycles. The zero-order chi connectivity index (χ0) is 20.6. The van der Waals surface area contributed by atoms with Crippen LogP contribution in [0.3, 0.4) is 0 Å². The monoisotopic (exact) mass is 392 g/mol. The van der Waals surface area contributed by atoms with Gasteiger partial charge in [0.2, 0.25) is 0 Å². The van der Waals surface area contributed by atoms with E-state index in [2.05, 4.69) is 5.32 Å². The van der Waals surface area contributed by atoms with Crippen LogP contribution in [0, 0.1) is 10.1 Å². The number of hydrogen-bond acceptors (Lipinski definition) is 5. The summed E-state index contributed by atoms with van der Waals surface area (Å²) < 4.78 is 5.51. The Morgan fingerprint density at radius 1 is 1.00 bits per heavy atom. The van der Waals surface area contributed by atoms with Crippen molar-refractivity contribution in [2.24, 2.45) is 0 Å². The molecule has 0 radical (unpaired) electrons. The van der Waals surface area contributed by atoms with Crippen molar-refractivity contribution in [2.75, 3.05) is 11.9 Å². The summed E-state index contributed by atoms with van der Waals surface area (Å²) in [5, 5.41) is 25.2. The fraction of sp³-hybridized carbons (Fsp3) is 0.217. The smallest absolute Gasteiger partial charge is 0.271 e. The third-order valence-electron chi connectivity index (χ3n) is 4.63. The van der Waals surface area contributed by atoms with Crippen LogP contribution >= 0.6 is 0 Å². The second-order valence-corrected chi connectivity index (χ2v) is 6.67. The Hall–Kier alpha value is -3.38. The Kier molecular flexibility index (Phi) is 6.81. The Labute approximate surface area is 169 Å². The second-order valence-electron chi connectivity index (χ2n) is 6.67. The lowest BCUT2D eigenvalue weighted by Gasteiger charge is -2.24. The molecule has 0 fully saturated rings. The minimum Gasteiger partial charge on any atom is -0.494 e. The van der Waals surface area contributed by atoms with Crippen molar-refractivity contribution in [1.82, 2.24) is 0 Å². The summed E-state index contributed by atoms with van der Waals surface area (Å²) in [5.41, 5.74) is 2.42. The van der Waals surface area contributed by atoms with Gasteiger partial charge in [-0.05, 0) is 36.2 Å². The minimum absolute atomic E-state index is 0.0176. The van der Waals surface area contributed by atoms with Gasteiger partial charge < -0.3 is 15.2 Å². The number of aliphatic hydroxyl groups excluding tert-OH is 1. The second kappa shape index (κ2) is 9.71. The number of nitro groups is 1. The standard InChI is InChI=1S/C23H24N2O4/c1-2-29-21-13-11-17(12-14-21)22(16-23(26)18-7-4-3-5-8-18)24-19-9-6-10-20(15-19)25(27)28/h3-15,22-24,26H,2,16H2,1H3. The van der Waals surface area contributed by atoms with Gasteiger partial charge >= 0.3 is 0 Å². The zero-order valence-corrected chi connectivity index (χ0v) is 16.2. The Morgan fingerprint density at radius 3 is 2.38 bits per heavy atom. The Balaban J connectivity index is 1.86. The van der Waals surface area contributed by atoms with Crippen LogP contribution in [0.2, 0.25) is 0 Å². The van der Waals surface area contributed by atoms with Gasteiger partial charge in [-0.2, -0.15) is 0 Å². The molecular formula is C23H24N2O4. The molecule has 0 bridgehead atoms. The van der Waals surface area contributed by atoms with Gasteiger partial charge in [0.25, 0.3) is 5.69 Å². The number of benzene rings is 3. The summed E-state index contributed by atoms with van der Waals surface area (Å²) in [7, 11) is 0. The molecule has 29 heavy (non-hydrogen) atoms. The highest BCUT2D eigenvalue weighted by atomic mass is 16.6. The minimum atomic E-state index is -0.682. The van der Waals surface area contributed by atoms with Gasteiger partial charge in [-0.15, -0.1) is 0 Å². The van der Waals surface area contributed by atoms with E-state index >= 15 is 0 Å². The van der Waals surface area contributed by atoms with E-state index < -0.39 is 11.0 Å². The molecule has 2 unspecified atom stereocenters. The molecule has 0 saturated heterocycles. The topological polar surface area (TPSA) is 84.6 Å². The number of nitrogens with one attached hydrogen (secondary N) is 1. The number of anilines is 1. The molecule has 3 aromatic rings. The highest BCUT2D eigenvalue weighted by Gasteiger charge is 2.19. The van der Waals surface area contributed by atoms with Crippen LogP contribution in [-0.2, 0) is 0 Å². The van der Waals surface area contributed by atoms with Crippen molar-refractivity contribution >= 4 is 11.4 Å². The van der Waals surface area contributed by atoms with Crippen LogP contribution in [0.4, 0.5) is 11.4 Å². The fourth-order valence-electron chi connectivity index (χ4n) is 3.19. The van der Waals surface area contributed by atoms with Crippen molar-refractivity contribution in [3.05, 3.63) is 100 Å². The average Bonchev–Trinajstić information content (AvgIpc) is 2.75. The van der Waals surface area contributed by atoms with Crippen LogP contribution in [0.15, 0.2) is 78.9 Å². The van der Waals surface area contributed by atoms with Gasteiger partial charge in [0, 0.05) is 24.2 Å². The third-order valence-corrected chi connectivity index (χ3v) is 4.63. The molecule has 0 spiro atoms. The van der Waals surface area contributed by atoms with Gasteiger partial charge in [-0.1, -0.05) is 48.5 Å².